The number of benzene rings is 1. The number of piperidine rings is 1. The molecule has 0 radical (unpaired) electrons. The molecule has 5 nitrogen and oxygen atoms in total. The van der Waals surface area contributed by atoms with Gasteiger partial charge in [-0.15, -0.1) is 11.3 Å². The average molecular weight is 381 g/mol. The summed E-state index contributed by atoms with van der Waals surface area (Å²) in [6, 6.07) is 11.3. The van der Waals surface area contributed by atoms with Gasteiger partial charge in [-0.05, 0) is 62.8 Å². The van der Waals surface area contributed by atoms with Gasteiger partial charge in [-0.2, -0.15) is 4.31 Å². The molecule has 2 heterocycles. The zero-order valence-corrected chi connectivity index (χ0v) is 16.4. The highest BCUT2D eigenvalue weighted by Crippen LogP contribution is 2.34. The topological polar surface area (TPSA) is 49.9 Å². The normalized spacial score (nSPS) is 17.1. The fourth-order valence-electron chi connectivity index (χ4n) is 3.09. The number of sulfonamides is 1. The van der Waals surface area contributed by atoms with Gasteiger partial charge in [0.1, 0.15) is 9.96 Å². The van der Waals surface area contributed by atoms with Gasteiger partial charge in [-0.25, -0.2) is 8.42 Å². The number of nitrogens with zero attached hydrogens (tertiary/aromatic N) is 2. The fraction of sp³-hybridized carbons (Fsp3) is 0.444. The Morgan fingerprint density at radius 3 is 2.60 bits per heavy atom. The third kappa shape index (κ3) is 3.89. The molecule has 0 bridgehead atoms. The van der Waals surface area contributed by atoms with Crippen LogP contribution < -0.4 is 4.74 Å². The van der Waals surface area contributed by atoms with E-state index in [0.29, 0.717) is 4.21 Å². The summed E-state index contributed by atoms with van der Waals surface area (Å²) < 4.78 is 33.2. The molecule has 1 aromatic carbocycles. The first-order valence-corrected chi connectivity index (χ1v) is 10.6. The molecule has 1 aliphatic rings. The van der Waals surface area contributed by atoms with Crippen LogP contribution in [0.25, 0.3) is 10.4 Å². The predicted molar refractivity (Wildman–Crippen MR) is 102 cm³/mol. The van der Waals surface area contributed by atoms with Crippen LogP contribution in [-0.4, -0.2) is 58.0 Å². The molecular weight excluding hydrogens is 356 g/mol. The quantitative estimate of drug-likeness (QED) is 0.800. The molecule has 25 heavy (non-hydrogen) atoms. The van der Waals surface area contributed by atoms with Crippen LogP contribution in [0.1, 0.15) is 12.8 Å². The molecule has 0 aliphatic carbocycles. The summed E-state index contributed by atoms with van der Waals surface area (Å²) in [4.78, 5) is 3.16. The first-order valence-electron chi connectivity index (χ1n) is 8.32. The summed E-state index contributed by atoms with van der Waals surface area (Å²) in [7, 11) is 1.95. The lowest BCUT2D eigenvalue weighted by Gasteiger charge is -2.34. The maximum atomic E-state index is 13.0. The Morgan fingerprint density at radius 1 is 1.20 bits per heavy atom. The molecule has 7 heteroatoms. The first kappa shape index (κ1) is 18.4. The smallest absolute Gasteiger partial charge is 0.252 e. The fourth-order valence-corrected chi connectivity index (χ4v) is 5.99. The average Bonchev–Trinajstić information content (AvgIpc) is 3.13. The van der Waals surface area contributed by atoms with Crippen LogP contribution in [0, 0.1) is 0 Å². The van der Waals surface area contributed by atoms with E-state index in [1.54, 1.807) is 24.5 Å². The Labute approximate surface area is 153 Å². The Hall–Kier alpha value is -1.41. The van der Waals surface area contributed by atoms with E-state index in [-0.39, 0.29) is 6.04 Å². The molecule has 1 fully saturated rings. The maximum Gasteiger partial charge on any atom is 0.252 e. The van der Waals surface area contributed by atoms with E-state index >= 15 is 0 Å². The minimum Gasteiger partial charge on any atom is -0.497 e. The molecule has 136 valence electrons. The molecule has 0 atom stereocenters. The van der Waals surface area contributed by atoms with Crippen LogP contribution in [0.3, 0.4) is 0 Å². The Kier molecular flexibility index (Phi) is 5.48. The number of hydrogen-bond donors (Lipinski definition) is 0. The SMILES string of the molecule is COc1cccc(-c2ccc(S(=O)(=O)N(C)C3CCN(C)CC3)s2)c1. The van der Waals surface area contributed by atoms with Gasteiger partial charge in [0.25, 0.3) is 10.0 Å². The van der Waals surface area contributed by atoms with Gasteiger partial charge in [0, 0.05) is 18.0 Å². The van der Waals surface area contributed by atoms with E-state index < -0.39 is 10.0 Å². The van der Waals surface area contributed by atoms with Gasteiger partial charge < -0.3 is 9.64 Å². The minimum absolute atomic E-state index is 0.0727. The molecule has 0 N–H and O–H groups in total. The highest BCUT2D eigenvalue weighted by atomic mass is 32.2. The summed E-state index contributed by atoms with van der Waals surface area (Å²) in [5.41, 5.74) is 0.966. The summed E-state index contributed by atoms with van der Waals surface area (Å²) in [6.07, 6.45) is 1.75. The van der Waals surface area contributed by atoms with Crippen molar-refractivity contribution in [1.82, 2.24) is 9.21 Å². The summed E-state index contributed by atoms with van der Waals surface area (Å²) in [6.45, 7) is 1.87. The summed E-state index contributed by atoms with van der Waals surface area (Å²) in [5, 5.41) is 0. The Balaban J connectivity index is 1.82. The minimum atomic E-state index is -3.46. The lowest BCUT2D eigenvalue weighted by Crippen LogP contribution is -2.44. The molecule has 3 rings (SSSR count). The lowest BCUT2D eigenvalue weighted by molar-refractivity contribution is 0.198. The van der Waals surface area contributed by atoms with Crippen molar-refractivity contribution in [2.45, 2.75) is 23.1 Å². The second-order valence-electron chi connectivity index (χ2n) is 6.41. The zero-order valence-electron chi connectivity index (χ0n) is 14.8. The van der Waals surface area contributed by atoms with Crippen molar-refractivity contribution < 1.29 is 13.2 Å². The number of ether oxygens (including phenoxy) is 1. The predicted octanol–water partition coefficient (Wildman–Crippen LogP) is 3.14. The third-order valence-corrected chi connectivity index (χ3v) is 8.28. The molecular formula is C18H24N2O3S2. The van der Waals surface area contributed by atoms with Crippen molar-refractivity contribution in [3.8, 4) is 16.2 Å². The van der Waals surface area contributed by atoms with Gasteiger partial charge in [-0.1, -0.05) is 12.1 Å². The van der Waals surface area contributed by atoms with Crippen molar-refractivity contribution in [2.24, 2.45) is 0 Å². The molecule has 0 saturated carbocycles. The van der Waals surface area contributed by atoms with E-state index in [0.717, 1.165) is 42.1 Å². The van der Waals surface area contributed by atoms with Crippen molar-refractivity contribution >= 4 is 21.4 Å². The molecule has 1 aliphatic heterocycles. The number of thiophene rings is 1. The van der Waals surface area contributed by atoms with Crippen LogP contribution in [0.5, 0.6) is 5.75 Å². The third-order valence-electron chi connectivity index (χ3n) is 4.77. The largest absolute Gasteiger partial charge is 0.497 e. The molecule has 0 amide bonds. The van der Waals surface area contributed by atoms with Crippen molar-refractivity contribution in [3.05, 3.63) is 36.4 Å². The number of likely N-dealkylation sites (tertiary alicyclic amines) is 1. The molecule has 1 saturated heterocycles. The van der Waals surface area contributed by atoms with Crippen LogP contribution in [-0.2, 0) is 10.0 Å². The van der Waals surface area contributed by atoms with Crippen LogP contribution in [0.4, 0.5) is 0 Å². The van der Waals surface area contributed by atoms with Crippen molar-refractivity contribution in [2.75, 3.05) is 34.3 Å². The summed E-state index contributed by atoms with van der Waals surface area (Å²) in [5.74, 6) is 0.763. The van der Waals surface area contributed by atoms with E-state index in [1.807, 2.05) is 30.3 Å². The van der Waals surface area contributed by atoms with Gasteiger partial charge in [0.05, 0.1) is 7.11 Å². The Bertz CT molecular complexity index is 824. The second-order valence-corrected chi connectivity index (χ2v) is 9.71. The van der Waals surface area contributed by atoms with Crippen LogP contribution in [0.15, 0.2) is 40.6 Å². The van der Waals surface area contributed by atoms with Crippen molar-refractivity contribution in [3.63, 3.8) is 0 Å². The van der Waals surface area contributed by atoms with Crippen LogP contribution >= 0.6 is 11.3 Å². The standard InChI is InChI=1S/C18H24N2O3S2/c1-19-11-9-15(10-12-19)20(2)25(21,22)18-8-7-17(24-18)14-5-4-6-16(13-14)23-3/h4-8,13,15H,9-12H2,1-3H3. The van der Waals surface area contributed by atoms with Gasteiger partial charge in [0.15, 0.2) is 0 Å². The lowest BCUT2D eigenvalue weighted by atomic mass is 10.1. The molecule has 0 unspecified atom stereocenters. The molecule has 2 aromatic rings. The number of hydrogen-bond acceptors (Lipinski definition) is 5. The highest BCUT2D eigenvalue weighted by molar-refractivity contribution is 7.91. The number of rotatable bonds is 5. The van der Waals surface area contributed by atoms with Gasteiger partial charge in [-0.3, -0.25) is 0 Å². The van der Waals surface area contributed by atoms with Crippen LogP contribution in [0.2, 0.25) is 0 Å². The van der Waals surface area contributed by atoms with Gasteiger partial charge >= 0.3 is 0 Å². The van der Waals surface area contributed by atoms with E-state index in [9.17, 15) is 8.42 Å². The highest BCUT2D eigenvalue weighted by Gasteiger charge is 2.31. The van der Waals surface area contributed by atoms with E-state index in [2.05, 4.69) is 11.9 Å². The zero-order chi connectivity index (χ0) is 18.0. The van der Waals surface area contributed by atoms with Gasteiger partial charge in [0.2, 0.25) is 0 Å². The molecule has 0 spiro atoms. The summed E-state index contributed by atoms with van der Waals surface area (Å²) >= 11 is 1.31. The second kappa shape index (κ2) is 7.45. The first-order chi connectivity index (χ1) is 11.9. The monoisotopic (exact) mass is 380 g/mol. The van der Waals surface area contributed by atoms with E-state index in [4.69, 9.17) is 4.74 Å². The van der Waals surface area contributed by atoms with E-state index in [1.165, 1.54) is 11.3 Å². The van der Waals surface area contributed by atoms with Crippen molar-refractivity contribution in [1.29, 1.82) is 0 Å². The molecule has 1 aromatic heterocycles. The Morgan fingerprint density at radius 2 is 1.92 bits per heavy atom. The number of methoxy groups -OCH3 is 1. The maximum absolute atomic E-state index is 13.0.